The van der Waals surface area contributed by atoms with Gasteiger partial charge in [0.05, 0.1) is 6.10 Å². The molecule has 0 spiro atoms. The molecular weight excluding hydrogens is 371 g/mol. The number of hydrogen-bond acceptors (Lipinski definition) is 1. The molecule has 98 valence electrons. The van der Waals surface area contributed by atoms with Crippen molar-refractivity contribution in [3.8, 4) is 0 Å². The van der Waals surface area contributed by atoms with Crippen molar-refractivity contribution >= 4 is 34.2 Å². The third-order valence-corrected chi connectivity index (χ3v) is 4.97. The maximum absolute atomic E-state index is 10.5. The molecule has 0 aliphatic heterocycles. The normalized spacial score (nSPS) is 23.1. The molecule has 19 heavy (non-hydrogen) atoms. The number of aliphatic hydroxyl groups excluding tert-OH is 1. The highest BCUT2D eigenvalue weighted by atomic mass is 127. The van der Waals surface area contributed by atoms with Crippen LogP contribution < -0.4 is 0 Å². The monoisotopic (exact) mass is 384 g/mol. The quantitative estimate of drug-likeness (QED) is 0.755. The molecule has 1 saturated carbocycles. The lowest BCUT2D eigenvalue weighted by atomic mass is 10.0. The molecule has 1 N–H and O–H groups in total. The third kappa shape index (κ3) is 2.81. The standard InChI is InChI=1S/C16H14ClIO/c17-11-6-7-15(18)14(8-11)16(19)13-9-12(13)10-4-2-1-3-5-10/h1-8,12-13,16,19H,9H2. The first kappa shape index (κ1) is 13.4. The lowest BCUT2D eigenvalue weighted by molar-refractivity contribution is 0.150. The summed E-state index contributed by atoms with van der Waals surface area (Å²) < 4.78 is 1.08. The summed E-state index contributed by atoms with van der Waals surface area (Å²) in [5.74, 6) is 0.792. The number of aliphatic hydroxyl groups is 1. The van der Waals surface area contributed by atoms with Crippen molar-refractivity contribution in [3.63, 3.8) is 0 Å². The van der Waals surface area contributed by atoms with Crippen LogP contribution in [0.4, 0.5) is 0 Å². The predicted molar refractivity (Wildman–Crippen MR) is 86.4 cm³/mol. The summed E-state index contributed by atoms with van der Waals surface area (Å²) in [4.78, 5) is 0. The van der Waals surface area contributed by atoms with E-state index in [1.165, 1.54) is 5.56 Å². The largest absolute Gasteiger partial charge is 0.388 e. The Kier molecular flexibility index (Phi) is 3.83. The minimum atomic E-state index is -0.421. The first-order valence-corrected chi connectivity index (χ1v) is 7.80. The Morgan fingerprint density at radius 1 is 1.16 bits per heavy atom. The molecule has 3 atom stereocenters. The van der Waals surface area contributed by atoms with Crippen LogP contribution >= 0.6 is 34.2 Å². The van der Waals surface area contributed by atoms with Crippen molar-refractivity contribution in [3.05, 3.63) is 68.3 Å². The molecule has 3 unspecified atom stereocenters. The maximum Gasteiger partial charge on any atom is 0.0834 e. The third-order valence-electron chi connectivity index (χ3n) is 3.75. The Hall–Kier alpha value is -0.580. The fraction of sp³-hybridized carbons (Fsp3) is 0.250. The smallest absolute Gasteiger partial charge is 0.0834 e. The second-order valence-electron chi connectivity index (χ2n) is 5.03. The van der Waals surface area contributed by atoms with E-state index in [1.54, 1.807) is 0 Å². The van der Waals surface area contributed by atoms with E-state index in [-0.39, 0.29) is 0 Å². The number of hydrogen-bond donors (Lipinski definition) is 1. The molecule has 0 radical (unpaired) electrons. The van der Waals surface area contributed by atoms with Crippen molar-refractivity contribution in [1.82, 2.24) is 0 Å². The molecule has 1 aliphatic rings. The van der Waals surface area contributed by atoms with Gasteiger partial charge in [0.1, 0.15) is 0 Å². The van der Waals surface area contributed by atoms with E-state index in [0.29, 0.717) is 16.9 Å². The van der Waals surface area contributed by atoms with Crippen LogP contribution in [0.5, 0.6) is 0 Å². The summed E-state index contributed by atoms with van der Waals surface area (Å²) >= 11 is 8.28. The van der Waals surface area contributed by atoms with Gasteiger partial charge in [-0.1, -0.05) is 41.9 Å². The first-order valence-electron chi connectivity index (χ1n) is 6.35. The topological polar surface area (TPSA) is 20.2 Å². The van der Waals surface area contributed by atoms with Crippen molar-refractivity contribution in [2.75, 3.05) is 0 Å². The Labute approximate surface area is 131 Å². The van der Waals surface area contributed by atoms with Gasteiger partial charge in [0.15, 0.2) is 0 Å². The minimum Gasteiger partial charge on any atom is -0.388 e. The van der Waals surface area contributed by atoms with E-state index >= 15 is 0 Å². The number of halogens is 2. The van der Waals surface area contributed by atoms with E-state index in [4.69, 9.17) is 11.6 Å². The van der Waals surface area contributed by atoms with Gasteiger partial charge >= 0.3 is 0 Å². The van der Waals surface area contributed by atoms with Gasteiger partial charge in [0, 0.05) is 8.59 Å². The molecule has 0 aromatic heterocycles. The van der Waals surface area contributed by atoms with Gasteiger partial charge in [0.2, 0.25) is 0 Å². The van der Waals surface area contributed by atoms with Gasteiger partial charge in [0.25, 0.3) is 0 Å². The average Bonchev–Trinajstić information content (AvgIpc) is 3.22. The molecule has 0 heterocycles. The lowest BCUT2D eigenvalue weighted by Crippen LogP contribution is -2.03. The molecule has 3 rings (SSSR count). The van der Waals surface area contributed by atoms with Crippen molar-refractivity contribution in [2.45, 2.75) is 18.4 Å². The summed E-state index contributed by atoms with van der Waals surface area (Å²) in [6.45, 7) is 0. The summed E-state index contributed by atoms with van der Waals surface area (Å²) in [7, 11) is 0. The van der Waals surface area contributed by atoms with Gasteiger partial charge in [-0.25, -0.2) is 0 Å². The van der Waals surface area contributed by atoms with Crippen LogP contribution in [0.25, 0.3) is 0 Å². The van der Waals surface area contributed by atoms with Crippen LogP contribution in [0.3, 0.4) is 0 Å². The molecule has 2 aromatic carbocycles. The molecule has 1 nitrogen and oxygen atoms in total. The second kappa shape index (κ2) is 5.43. The van der Waals surface area contributed by atoms with Crippen LogP contribution in [-0.4, -0.2) is 5.11 Å². The van der Waals surface area contributed by atoms with Crippen LogP contribution in [0, 0.1) is 9.49 Å². The zero-order valence-electron chi connectivity index (χ0n) is 10.3. The van der Waals surface area contributed by atoms with Crippen LogP contribution in [0.2, 0.25) is 5.02 Å². The molecule has 0 bridgehead atoms. The molecule has 1 fully saturated rings. The Morgan fingerprint density at radius 3 is 2.63 bits per heavy atom. The van der Waals surface area contributed by atoms with Crippen LogP contribution in [0.1, 0.15) is 29.6 Å². The highest BCUT2D eigenvalue weighted by Gasteiger charge is 2.44. The zero-order chi connectivity index (χ0) is 13.4. The highest BCUT2D eigenvalue weighted by Crippen LogP contribution is 2.54. The van der Waals surface area contributed by atoms with Gasteiger partial charge in [-0.2, -0.15) is 0 Å². The average molecular weight is 385 g/mol. The maximum atomic E-state index is 10.5. The number of benzene rings is 2. The Bertz CT molecular complexity index is 585. The first-order chi connectivity index (χ1) is 9.16. The van der Waals surface area contributed by atoms with E-state index in [0.717, 1.165) is 15.6 Å². The van der Waals surface area contributed by atoms with Crippen molar-refractivity contribution in [1.29, 1.82) is 0 Å². The fourth-order valence-electron chi connectivity index (χ4n) is 2.62. The number of rotatable bonds is 3. The van der Waals surface area contributed by atoms with E-state index < -0.39 is 6.10 Å². The molecule has 0 saturated heterocycles. The van der Waals surface area contributed by atoms with Gasteiger partial charge in [-0.15, -0.1) is 0 Å². The van der Waals surface area contributed by atoms with Crippen LogP contribution in [-0.2, 0) is 0 Å². The SMILES string of the molecule is OC(c1cc(Cl)ccc1I)C1CC1c1ccccc1. The molecule has 1 aliphatic carbocycles. The summed E-state index contributed by atoms with van der Waals surface area (Å²) in [6.07, 6.45) is 0.629. The van der Waals surface area contributed by atoms with Crippen LogP contribution in [0.15, 0.2) is 48.5 Å². The lowest BCUT2D eigenvalue weighted by Gasteiger charge is -2.13. The zero-order valence-corrected chi connectivity index (χ0v) is 13.2. The Morgan fingerprint density at radius 2 is 1.89 bits per heavy atom. The van der Waals surface area contributed by atoms with E-state index in [2.05, 4.69) is 46.9 Å². The van der Waals surface area contributed by atoms with Gasteiger partial charge in [-0.05, 0) is 70.2 Å². The fourth-order valence-corrected chi connectivity index (χ4v) is 3.45. The summed E-state index contributed by atoms with van der Waals surface area (Å²) in [5, 5.41) is 11.2. The molecular formula is C16H14ClIO. The van der Waals surface area contributed by atoms with E-state index in [1.807, 2.05) is 24.3 Å². The highest BCUT2D eigenvalue weighted by molar-refractivity contribution is 14.1. The molecule has 0 amide bonds. The Balaban J connectivity index is 1.80. The second-order valence-corrected chi connectivity index (χ2v) is 6.63. The van der Waals surface area contributed by atoms with Crippen molar-refractivity contribution < 1.29 is 5.11 Å². The summed E-state index contributed by atoms with van der Waals surface area (Å²) in [6, 6.07) is 16.1. The van der Waals surface area contributed by atoms with Gasteiger partial charge < -0.3 is 5.11 Å². The van der Waals surface area contributed by atoms with E-state index in [9.17, 15) is 5.11 Å². The van der Waals surface area contributed by atoms with Gasteiger partial charge in [-0.3, -0.25) is 0 Å². The molecule has 2 aromatic rings. The minimum absolute atomic E-state index is 0.314. The van der Waals surface area contributed by atoms with Crippen molar-refractivity contribution in [2.24, 2.45) is 5.92 Å². The predicted octanol–water partition coefficient (Wildman–Crippen LogP) is 4.78. The molecule has 3 heteroatoms. The summed E-state index contributed by atoms with van der Waals surface area (Å²) in [5.41, 5.74) is 2.28.